The third kappa shape index (κ3) is 5.79. The summed E-state index contributed by atoms with van der Waals surface area (Å²) in [6.45, 7) is 0.770. The van der Waals surface area contributed by atoms with Gasteiger partial charge in [-0.05, 0) is 115 Å². The zero-order valence-electron chi connectivity index (χ0n) is 29.7. The molecule has 0 spiro atoms. The number of nitrogens with zero attached hydrogens (tertiary/aromatic N) is 3. The molecule has 0 saturated carbocycles. The van der Waals surface area contributed by atoms with Crippen molar-refractivity contribution in [2.45, 2.75) is 12.8 Å². The summed E-state index contributed by atoms with van der Waals surface area (Å²) in [5, 5.41) is 8.61. The molecule has 8 aromatic rings. The molecule has 3 heterocycles. The maximum atomic E-state index is 5.28. The molecule has 54 heavy (non-hydrogen) atoms. The maximum Gasteiger partial charge on any atom is 0.160 e. The van der Waals surface area contributed by atoms with Crippen LogP contribution in [0.4, 0.5) is 5.69 Å². The van der Waals surface area contributed by atoms with E-state index < -0.39 is 0 Å². The van der Waals surface area contributed by atoms with Crippen LogP contribution in [0.1, 0.15) is 35.2 Å². The first kappa shape index (κ1) is 31.8. The van der Waals surface area contributed by atoms with Crippen LogP contribution < -0.4 is 5.32 Å². The first-order valence-electron chi connectivity index (χ1n) is 18.6. The van der Waals surface area contributed by atoms with E-state index in [0.29, 0.717) is 5.82 Å². The van der Waals surface area contributed by atoms with E-state index in [2.05, 4.69) is 162 Å². The number of allylic oxidation sites excluding steroid dienone is 4. The molecule has 0 atom stereocenters. The van der Waals surface area contributed by atoms with Gasteiger partial charge in [-0.25, -0.2) is 9.97 Å². The Morgan fingerprint density at radius 1 is 0.500 bits per heavy atom. The summed E-state index contributed by atoms with van der Waals surface area (Å²) in [7, 11) is 0. The van der Waals surface area contributed by atoms with Gasteiger partial charge in [0.2, 0.25) is 0 Å². The van der Waals surface area contributed by atoms with Crippen LogP contribution in [0.3, 0.4) is 0 Å². The number of anilines is 1. The zero-order valence-corrected chi connectivity index (χ0v) is 29.7. The molecule has 1 N–H and O–H groups in total. The third-order valence-electron chi connectivity index (χ3n) is 10.7. The predicted molar refractivity (Wildman–Crippen MR) is 226 cm³/mol. The van der Waals surface area contributed by atoms with E-state index in [0.717, 1.165) is 58.6 Å². The highest BCUT2D eigenvalue weighted by Crippen LogP contribution is 2.44. The van der Waals surface area contributed by atoms with E-state index in [1.165, 1.54) is 55.1 Å². The highest BCUT2D eigenvalue weighted by atomic mass is 14.9. The van der Waals surface area contributed by atoms with Gasteiger partial charge >= 0.3 is 0 Å². The third-order valence-corrected chi connectivity index (χ3v) is 10.7. The summed E-state index contributed by atoms with van der Waals surface area (Å²) in [5.41, 5.74) is 14.7. The molecular weight excluding hydrogens is 657 g/mol. The molecule has 0 fully saturated rings. The van der Waals surface area contributed by atoms with E-state index >= 15 is 0 Å². The van der Waals surface area contributed by atoms with Crippen LogP contribution >= 0.6 is 0 Å². The largest absolute Gasteiger partial charge is 0.380 e. The lowest BCUT2D eigenvalue weighted by atomic mass is 9.84. The first-order valence-corrected chi connectivity index (χ1v) is 18.6. The zero-order chi connectivity index (χ0) is 35.8. The van der Waals surface area contributed by atoms with E-state index in [4.69, 9.17) is 9.97 Å². The van der Waals surface area contributed by atoms with Gasteiger partial charge < -0.3 is 5.32 Å². The van der Waals surface area contributed by atoms with E-state index in [1.54, 1.807) is 0 Å². The lowest BCUT2D eigenvalue weighted by Gasteiger charge is -2.23. The van der Waals surface area contributed by atoms with Crippen molar-refractivity contribution >= 4 is 50.0 Å². The monoisotopic (exact) mass is 692 g/mol. The number of nitrogens with one attached hydrogen (secondary N) is 1. The minimum Gasteiger partial charge on any atom is -0.380 e. The summed E-state index contributed by atoms with van der Waals surface area (Å²) in [5.74, 6) is 0.707. The van der Waals surface area contributed by atoms with Gasteiger partial charge in [0.25, 0.3) is 0 Å². The van der Waals surface area contributed by atoms with Crippen LogP contribution in [-0.4, -0.2) is 21.5 Å². The second kappa shape index (κ2) is 13.6. The Hall–Kier alpha value is -6.91. The van der Waals surface area contributed by atoms with Crippen molar-refractivity contribution in [2.75, 3.05) is 11.9 Å². The fraction of sp³-hybridized carbons (Fsp3) is 0.0600. The Bertz CT molecular complexity index is 2760. The van der Waals surface area contributed by atoms with Gasteiger partial charge in [-0.3, -0.25) is 4.98 Å². The lowest BCUT2D eigenvalue weighted by Crippen LogP contribution is -2.10. The molecule has 1 aliphatic heterocycles. The average molecular weight is 693 g/mol. The van der Waals surface area contributed by atoms with Crippen molar-refractivity contribution in [1.29, 1.82) is 0 Å². The van der Waals surface area contributed by atoms with Gasteiger partial charge in [-0.15, -0.1) is 0 Å². The van der Waals surface area contributed by atoms with E-state index in [1.807, 2.05) is 24.5 Å². The highest BCUT2D eigenvalue weighted by molar-refractivity contribution is 6.20. The first-order chi connectivity index (χ1) is 26.8. The summed E-state index contributed by atoms with van der Waals surface area (Å²) >= 11 is 0. The molecule has 0 bridgehead atoms. The summed E-state index contributed by atoms with van der Waals surface area (Å²) in [6, 6.07) is 51.7. The van der Waals surface area contributed by atoms with Gasteiger partial charge in [0.15, 0.2) is 5.82 Å². The number of para-hydroxylation sites is 1. The number of benzene rings is 6. The molecule has 0 saturated heterocycles. The number of pyridine rings is 1. The summed E-state index contributed by atoms with van der Waals surface area (Å²) in [4.78, 5) is 14.9. The predicted octanol–water partition coefficient (Wildman–Crippen LogP) is 12.4. The SMILES string of the molecule is C1=C(c2cccnc2)CCC=C1c1cc(-c2ccccc2)nc(-c2cccc(-c3c4ccccc4c(C4=Cc5ccccc5NC4)c4ccccc34)c2)n1. The Morgan fingerprint density at radius 2 is 1.17 bits per heavy atom. The normalized spacial score (nSPS) is 13.8. The van der Waals surface area contributed by atoms with Crippen molar-refractivity contribution in [3.8, 4) is 33.8 Å². The molecule has 2 aliphatic rings. The second-order valence-electron chi connectivity index (χ2n) is 14.0. The average Bonchev–Trinajstić information content (AvgIpc) is 3.26. The molecule has 6 aromatic carbocycles. The highest BCUT2D eigenvalue weighted by Gasteiger charge is 2.21. The Morgan fingerprint density at radius 3 is 1.94 bits per heavy atom. The standard InChI is InChI=1S/C50H36N4/c1-2-13-33(14-3-1)46-30-47(36-17-10-16-34(27-36)39-20-12-26-51-31-39)54-50(53-46)38-19-11-18-37(29-38)48-41-21-5-7-23-43(41)49(44-24-8-6-22-42(44)48)40-28-35-15-4-9-25-45(35)52-32-40/h1-9,11-15,17-31,52H,10,16,32H2. The molecule has 0 radical (unpaired) electrons. The molecule has 256 valence electrons. The molecule has 10 rings (SSSR count). The topological polar surface area (TPSA) is 50.7 Å². The summed E-state index contributed by atoms with van der Waals surface area (Å²) in [6.07, 6.45) is 12.6. The number of hydrogen-bond acceptors (Lipinski definition) is 4. The van der Waals surface area contributed by atoms with Gasteiger partial charge in [-0.1, -0.05) is 127 Å². The van der Waals surface area contributed by atoms with E-state index in [-0.39, 0.29) is 0 Å². The van der Waals surface area contributed by atoms with Gasteiger partial charge in [-0.2, -0.15) is 0 Å². The smallest absolute Gasteiger partial charge is 0.160 e. The van der Waals surface area contributed by atoms with Crippen LogP contribution in [0.5, 0.6) is 0 Å². The minimum absolute atomic E-state index is 0.707. The van der Waals surface area contributed by atoms with Crippen LogP contribution in [0, 0.1) is 0 Å². The quantitative estimate of drug-likeness (QED) is 0.176. The van der Waals surface area contributed by atoms with Crippen LogP contribution in [0.2, 0.25) is 0 Å². The maximum absolute atomic E-state index is 5.28. The molecular formula is C50H36N4. The number of fused-ring (bicyclic) bond motifs is 3. The Labute approximate surface area is 314 Å². The number of hydrogen-bond donors (Lipinski definition) is 1. The Balaban J connectivity index is 1.14. The van der Waals surface area contributed by atoms with Crippen molar-refractivity contribution in [2.24, 2.45) is 0 Å². The van der Waals surface area contributed by atoms with Crippen molar-refractivity contribution < 1.29 is 0 Å². The van der Waals surface area contributed by atoms with Gasteiger partial charge in [0.05, 0.1) is 11.4 Å². The van der Waals surface area contributed by atoms with Crippen molar-refractivity contribution in [3.63, 3.8) is 0 Å². The second-order valence-corrected chi connectivity index (χ2v) is 14.0. The fourth-order valence-corrected chi connectivity index (χ4v) is 8.11. The Kier molecular flexibility index (Phi) is 7.99. The molecule has 0 unspecified atom stereocenters. The summed E-state index contributed by atoms with van der Waals surface area (Å²) < 4.78 is 0. The van der Waals surface area contributed by atoms with Gasteiger partial charge in [0.1, 0.15) is 0 Å². The van der Waals surface area contributed by atoms with Crippen LogP contribution in [-0.2, 0) is 0 Å². The van der Waals surface area contributed by atoms with Crippen molar-refractivity contribution in [3.05, 3.63) is 193 Å². The number of aromatic nitrogens is 3. The number of rotatable bonds is 6. The lowest BCUT2D eigenvalue weighted by molar-refractivity contribution is 1.05. The van der Waals surface area contributed by atoms with Crippen molar-refractivity contribution in [1.82, 2.24) is 15.0 Å². The molecule has 1 aliphatic carbocycles. The molecule has 4 heteroatoms. The minimum atomic E-state index is 0.707. The fourth-order valence-electron chi connectivity index (χ4n) is 8.11. The molecule has 4 nitrogen and oxygen atoms in total. The van der Waals surface area contributed by atoms with Crippen LogP contribution in [0.15, 0.2) is 170 Å². The molecule has 0 amide bonds. The van der Waals surface area contributed by atoms with E-state index in [9.17, 15) is 0 Å². The molecule has 2 aromatic heterocycles. The van der Waals surface area contributed by atoms with Crippen LogP contribution in [0.25, 0.3) is 78.1 Å². The van der Waals surface area contributed by atoms with Gasteiger partial charge in [0, 0.05) is 35.8 Å².